The predicted molar refractivity (Wildman–Crippen MR) is 175 cm³/mol. The molecule has 2 aromatic rings. The highest BCUT2D eigenvalue weighted by Gasteiger charge is 2.69. The van der Waals surface area contributed by atoms with Crippen molar-refractivity contribution in [3.8, 4) is 28.7 Å². The molecule has 1 amide bonds. The van der Waals surface area contributed by atoms with Crippen LogP contribution in [0.1, 0.15) is 53.6 Å². The molecule has 2 aromatic carbocycles. The number of likely N-dealkylation sites (N-methyl/N-ethyl adjacent to an activating group) is 1. The van der Waals surface area contributed by atoms with Crippen molar-refractivity contribution in [1.29, 1.82) is 0 Å². The van der Waals surface area contributed by atoms with E-state index in [0.717, 1.165) is 42.5 Å². The SMILES string of the molecule is CN(C)c1ccc(-c2cc(C#CC3=CCCCC3)c(O)c3c2C[C@@H]2C[C@@H]4C(N(C)C)C(=O)C(C(N)=O)C(=O)[C@@]4(O)C(=O)C2C3=O)cc1. The first kappa shape index (κ1) is 32.4. The topological polar surface area (TPSA) is 158 Å². The van der Waals surface area contributed by atoms with Crippen molar-refractivity contribution in [2.75, 3.05) is 33.1 Å². The summed E-state index contributed by atoms with van der Waals surface area (Å²) in [5, 5.41) is 23.5. The molecule has 244 valence electrons. The highest BCUT2D eigenvalue weighted by molar-refractivity contribution is 6.32. The molecule has 0 aliphatic heterocycles. The van der Waals surface area contributed by atoms with Gasteiger partial charge in [-0.25, -0.2) is 0 Å². The van der Waals surface area contributed by atoms with E-state index in [9.17, 15) is 34.2 Å². The van der Waals surface area contributed by atoms with E-state index in [1.165, 1.54) is 4.90 Å². The lowest BCUT2D eigenvalue weighted by Crippen LogP contribution is -2.74. The van der Waals surface area contributed by atoms with Crippen LogP contribution in [0.2, 0.25) is 0 Å². The van der Waals surface area contributed by atoms with Crippen molar-refractivity contribution in [3.05, 3.63) is 58.7 Å². The largest absolute Gasteiger partial charge is 0.506 e. The van der Waals surface area contributed by atoms with Gasteiger partial charge in [0.2, 0.25) is 5.91 Å². The fourth-order valence-corrected chi connectivity index (χ4v) is 8.06. The van der Waals surface area contributed by atoms with Gasteiger partial charge in [-0.3, -0.25) is 28.9 Å². The number of allylic oxidation sites excluding steroid dienone is 2. The molecule has 0 spiro atoms. The Morgan fingerprint density at radius 2 is 1.70 bits per heavy atom. The number of phenols is 1. The summed E-state index contributed by atoms with van der Waals surface area (Å²) in [7, 11) is 6.99. The summed E-state index contributed by atoms with van der Waals surface area (Å²) in [5.74, 6) is -4.60. The molecule has 4 N–H and O–H groups in total. The number of fused-ring (bicyclic) bond motifs is 3. The van der Waals surface area contributed by atoms with E-state index >= 15 is 0 Å². The maximum absolute atomic E-state index is 14.4. The molecule has 6 atom stereocenters. The standard InChI is InChI=1S/C37H39N3O7/c1-39(2)23-14-12-20(13-15-23)24-16-21(11-10-19-8-6-5-7-9-19)31(41)28-25(24)17-22-18-26-30(40(3)4)33(43)29(36(38)46)35(45)37(26,47)34(44)27(22)32(28)42/h8,12-16,22,26-27,29-30,41,47H,5-7,9,17-18H2,1-4H3,(H2,38,46)/t22-,26-,27?,29?,30?,37+/m1/s1. The number of rotatable bonds is 4. The van der Waals surface area contributed by atoms with E-state index in [0.29, 0.717) is 11.1 Å². The van der Waals surface area contributed by atoms with Crippen molar-refractivity contribution in [1.82, 2.24) is 4.90 Å². The molecule has 2 fully saturated rings. The molecule has 10 heteroatoms. The number of nitrogens with zero attached hydrogens (tertiary/aromatic N) is 2. The minimum Gasteiger partial charge on any atom is -0.506 e. The summed E-state index contributed by atoms with van der Waals surface area (Å²) in [6.45, 7) is 0. The van der Waals surface area contributed by atoms with Crippen molar-refractivity contribution >= 4 is 34.7 Å². The maximum atomic E-state index is 14.4. The minimum absolute atomic E-state index is 0.0145. The molecule has 0 bridgehead atoms. The van der Waals surface area contributed by atoms with E-state index in [4.69, 9.17) is 5.73 Å². The van der Waals surface area contributed by atoms with Gasteiger partial charge in [-0.15, -0.1) is 0 Å². The van der Waals surface area contributed by atoms with Crippen LogP contribution in [0.3, 0.4) is 0 Å². The highest BCUT2D eigenvalue weighted by atomic mass is 16.3. The normalized spacial score (nSPS) is 28.5. The molecular formula is C37H39N3O7. The van der Waals surface area contributed by atoms with Gasteiger partial charge in [0.15, 0.2) is 34.7 Å². The van der Waals surface area contributed by atoms with Crippen molar-refractivity contribution < 1.29 is 34.2 Å². The lowest BCUT2D eigenvalue weighted by atomic mass is 9.52. The van der Waals surface area contributed by atoms with Crippen LogP contribution in [-0.4, -0.2) is 84.0 Å². The monoisotopic (exact) mass is 637 g/mol. The van der Waals surface area contributed by atoms with Gasteiger partial charge < -0.3 is 20.8 Å². The number of anilines is 1. The summed E-state index contributed by atoms with van der Waals surface area (Å²) in [6.07, 6.45) is 6.09. The minimum atomic E-state index is -2.78. The number of amides is 1. The van der Waals surface area contributed by atoms with Gasteiger partial charge in [0.1, 0.15) is 5.75 Å². The van der Waals surface area contributed by atoms with Gasteiger partial charge in [0, 0.05) is 25.7 Å². The molecule has 0 aromatic heterocycles. The van der Waals surface area contributed by atoms with Crippen LogP contribution in [-0.2, 0) is 25.6 Å². The third kappa shape index (κ3) is 5.09. The molecule has 3 unspecified atom stereocenters. The van der Waals surface area contributed by atoms with E-state index in [1.807, 2.05) is 43.3 Å². The Morgan fingerprint density at radius 1 is 1.00 bits per heavy atom. The predicted octanol–water partition coefficient (Wildman–Crippen LogP) is 2.45. The molecule has 47 heavy (non-hydrogen) atoms. The Kier molecular flexibility index (Phi) is 8.19. The van der Waals surface area contributed by atoms with Gasteiger partial charge in [-0.05, 0) is 99.0 Å². The van der Waals surface area contributed by atoms with Crippen LogP contribution in [0.25, 0.3) is 11.1 Å². The van der Waals surface area contributed by atoms with Crippen LogP contribution in [0.4, 0.5) is 5.69 Å². The fourth-order valence-electron chi connectivity index (χ4n) is 8.06. The summed E-state index contributed by atoms with van der Waals surface area (Å²) < 4.78 is 0. The van der Waals surface area contributed by atoms with E-state index < -0.39 is 64.4 Å². The van der Waals surface area contributed by atoms with Crippen LogP contribution in [0, 0.1) is 35.5 Å². The smallest absolute Gasteiger partial charge is 0.235 e. The third-order valence-corrected chi connectivity index (χ3v) is 10.4. The molecule has 6 rings (SSSR count). The zero-order valence-electron chi connectivity index (χ0n) is 27.0. The van der Waals surface area contributed by atoms with Crippen molar-refractivity contribution in [2.24, 2.45) is 29.4 Å². The molecule has 2 saturated carbocycles. The number of aromatic hydroxyl groups is 1. The van der Waals surface area contributed by atoms with Gasteiger partial charge in [-0.1, -0.05) is 30.0 Å². The summed E-state index contributed by atoms with van der Waals surface area (Å²) in [4.78, 5) is 71.5. The Hall–Kier alpha value is -4.59. The zero-order valence-corrected chi connectivity index (χ0v) is 27.0. The molecule has 4 aliphatic carbocycles. The second-order valence-corrected chi connectivity index (χ2v) is 13.6. The van der Waals surface area contributed by atoms with Crippen LogP contribution in [0.5, 0.6) is 5.75 Å². The number of phenolic OH excluding ortho intramolecular Hbond substituents is 1. The number of nitrogens with two attached hydrogens (primary N) is 1. The van der Waals surface area contributed by atoms with E-state index in [-0.39, 0.29) is 29.7 Å². The zero-order chi connectivity index (χ0) is 33.9. The second kappa shape index (κ2) is 11.9. The Balaban J connectivity index is 1.52. The van der Waals surface area contributed by atoms with Crippen LogP contribution < -0.4 is 10.6 Å². The number of Topliss-reactive ketones (excluding diaryl/α,β-unsaturated/α-hetero) is 4. The van der Waals surface area contributed by atoms with E-state index in [2.05, 4.69) is 17.9 Å². The van der Waals surface area contributed by atoms with Crippen molar-refractivity contribution in [3.63, 3.8) is 0 Å². The number of aliphatic hydroxyl groups is 1. The van der Waals surface area contributed by atoms with Gasteiger partial charge in [0.05, 0.1) is 23.1 Å². The lowest BCUT2D eigenvalue weighted by Gasteiger charge is -2.52. The number of primary amides is 1. The van der Waals surface area contributed by atoms with E-state index in [1.54, 1.807) is 20.2 Å². The average Bonchev–Trinajstić information content (AvgIpc) is 3.02. The highest BCUT2D eigenvalue weighted by Crippen LogP contribution is 2.52. The number of benzene rings is 2. The quantitative estimate of drug-likeness (QED) is 0.338. The number of hydrogen-bond donors (Lipinski definition) is 3. The fraction of sp³-hybridized carbons (Fsp3) is 0.432. The Bertz CT molecular complexity index is 1810. The van der Waals surface area contributed by atoms with Gasteiger partial charge in [0.25, 0.3) is 0 Å². The number of carbonyl (C=O) groups is 5. The number of carbonyl (C=O) groups excluding carboxylic acids is 5. The molecule has 4 aliphatic rings. The van der Waals surface area contributed by atoms with Crippen LogP contribution >= 0.6 is 0 Å². The molecule has 0 heterocycles. The Morgan fingerprint density at radius 3 is 2.30 bits per heavy atom. The first-order chi connectivity index (χ1) is 22.3. The Labute approximate surface area is 273 Å². The molecular weight excluding hydrogens is 598 g/mol. The van der Waals surface area contributed by atoms with Crippen LogP contribution in [0.15, 0.2) is 42.0 Å². The lowest BCUT2D eigenvalue weighted by molar-refractivity contribution is -0.181. The summed E-state index contributed by atoms with van der Waals surface area (Å²) >= 11 is 0. The third-order valence-electron chi connectivity index (χ3n) is 10.4. The molecule has 0 saturated heterocycles. The number of ketones is 4. The van der Waals surface area contributed by atoms with Crippen molar-refractivity contribution in [2.45, 2.75) is 50.2 Å². The van der Waals surface area contributed by atoms with Gasteiger partial charge in [-0.2, -0.15) is 0 Å². The molecule has 0 radical (unpaired) electrons. The first-order valence-corrected chi connectivity index (χ1v) is 16.0. The summed E-state index contributed by atoms with van der Waals surface area (Å²) in [5.41, 5.74) is 6.76. The maximum Gasteiger partial charge on any atom is 0.235 e. The summed E-state index contributed by atoms with van der Waals surface area (Å²) in [6, 6.07) is 8.36. The van der Waals surface area contributed by atoms with Gasteiger partial charge >= 0.3 is 0 Å². The first-order valence-electron chi connectivity index (χ1n) is 16.0. The number of hydrogen-bond acceptors (Lipinski definition) is 9. The molecule has 10 nitrogen and oxygen atoms in total. The second-order valence-electron chi connectivity index (χ2n) is 13.6. The average molecular weight is 638 g/mol.